The molecule has 2 rings (SSSR count). The first-order valence-electron chi connectivity index (χ1n) is 5.31. The van der Waals surface area contributed by atoms with Gasteiger partial charge in [-0.05, 0) is 12.1 Å². The molecule has 108 valence electrons. The van der Waals surface area contributed by atoms with Gasteiger partial charge in [-0.2, -0.15) is 0 Å². The van der Waals surface area contributed by atoms with Gasteiger partial charge in [0.2, 0.25) is 0 Å². The first-order valence-corrected chi connectivity index (χ1v) is 6.45. The average molecular weight is 348 g/mol. The van der Waals surface area contributed by atoms with Crippen molar-refractivity contribution < 1.29 is 9.72 Å². The lowest BCUT2D eigenvalue weighted by molar-refractivity contribution is -0.384. The van der Waals surface area contributed by atoms with Crippen LogP contribution in [0.3, 0.4) is 0 Å². The van der Waals surface area contributed by atoms with Crippen LogP contribution >= 0.6 is 34.8 Å². The molecule has 1 amide bonds. The number of carbonyl (C=O) groups excluding carboxylic acids is 1. The van der Waals surface area contributed by atoms with Crippen LogP contribution in [-0.4, -0.2) is 20.8 Å². The van der Waals surface area contributed by atoms with Gasteiger partial charge in [-0.3, -0.25) is 14.9 Å². The standard InChI is InChI=1S/C11H5Cl3N4O3/c12-6-2-1-5(3-7(6)18(20)21)11(19)17-8-9(13)15-4-16-10(8)14/h1-4H,(H,17,19). The number of aromatic nitrogens is 2. The molecule has 0 bridgehead atoms. The van der Waals surface area contributed by atoms with Crippen molar-refractivity contribution >= 4 is 52.1 Å². The summed E-state index contributed by atoms with van der Waals surface area (Å²) in [7, 11) is 0. The summed E-state index contributed by atoms with van der Waals surface area (Å²) in [6.07, 6.45) is 1.13. The predicted molar refractivity (Wildman–Crippen MR) is 78.1 cm³/mol. The van der Waals surface area contributed by atoms with Crippen LogP contribution in [0, 0.1) is 10.1 Å². The summed E-state index contributed by atoms with van der Waals surface area (Å²) >= 11 is 17.2. The second-order valence-electron chi connectivity index (χ2n) is 3.71. The van der Waals surface area contributed by atoms with Crippen LogP contribution in [0.15, 0.2) is 24.5 Å². The van der Waals surface area contributed by atoms with Crippen molar-refractivity contribution in [2.45, 2.75) is 0 Å². The summed E-state index contributed by atoms with van der Waals surface area (Å²) in [5.74, 6) is -0.659. The average Bonchev–Trinajstić information content (AvgIpc) is 2.43. The van der Waals surface area contributed by atoms with Crippen molar-refractivity contribution in [3.8, 4) is 0 Å². The lowest BCUT2D eigenvalue weighted by atomic mass is 10.2. The van der Waals surface area contributed by atoms with Crippen LogP contribution in [0.25, 0.3) is 0 Å². The number of benzene rings is 1. The number of nitro groups is 1. The Morgan fingerprint density at radius 2 is 1.81 bits per heavy atom. The van der Waals surface area contributed by atoms with Crippen molar-refractivity contribution in [1.82, 2.24) is 9.97 Å². The summed E-state index contributed by atoms with van der Waals surface area (Å²) in [6.45, 7) is 0. The Balaban J connectivity index is 2.33. The van der Waals surface area contributed by atoms with Gasteiger partial charge >= 0.3 is 0 Å². The highest BCUT2D eigenvalue weighted by Gasteiger charge is 2.18. The normalized spacial score (nSPS) is 10.2. The smallest absolute Gasteiger partial charge is 0.288 e. The molecule has 0 atom stereocenters. The molecule has 0 radical (unpaired) electrons. The Bertz CT molecular complexity index is 718. The molecule has 1 aromatic heterocycles. The van der Waals surface area contributed by atoms with E-state index < -0.39 is 10.8 Å². The first kappa shape index (κ1) is 15.4. The third-order valence-corrected chi connectivity index (χ3v) is 3.29. The van der Waals surface area contributed by atoms with Crippen LogP contribution in [0.1, 0.15) is 10.4 Å². The number of anilines is 1. The molecule has 1 N–H and O–H groups in total. The Morgan fingerprint density at radius 3 is 2.38 bits per heavy atom. The highest BCUT2D eigenvalue weighted by atomic mass is 35.5. The fourth-order valence-electron chi connectivity index (χ4n) is 1.43. The van der Waals surface area contributed by atoms with Gasteiger partial charge in [0.15, 0.2) is 10.3 Å². The molecule has 1 heterocycles. The topological polar surface area (TPSA) is 98.0 Å². The van der Waals surface area contributed by atoms with Crippen molar-refractivity contribution in [3.63, 3.8) is 0 Å². The number of rotatable bonds is 3. The van der Waals surface area contributed by atoms with E-state index in [1.165, 1.54) is 12.1 Å². The Kier molecular flexibility index (Phi) is 4.56. The Hall–Kier alpha value is -1.96. The summed E-state index contributed by atoms with van der Waals surface area (Å²) in [6, 6.07) is 3.62. The lowest BCUT2D eigenvalue weighted by Gasteiger charge is -2.07. The maximum Gasteiger partial charge on any atom is 0.288 e. The molecule has 7 nitrogen and oxygen atoms in total. The Morgan fingerprint density at radius 1 is 1.19 bits per heavy atom. The maximum absolute atomic E-state index is 12.1. The zero-order valence-corrected chi connectivity index (χ0v) is 12.3. The first-order chi connectivity index (χ1) is 9.90. The highest BCUT2D eigenvalue weighted by molar-refractivity contribution is 6.38. The summed E-state index contributed by atoms with van der Waals surface area (Å²) < 4.78 is 0. The molecule has 21 heavy (non-hydrogen) atoms. The molecule has 0 aliphatic carbocycles. The molecule has 1 aromatic carbocycles. The van der Waals surface area contributed by atoms with Gasteiger partial charge in [-0.1, -0.05) is 34.8 Å². The fourth-order valence-corrected chi connectivity index (χ4v) is 2.02. The molecule has 0 saturated heterocycles. The van der Waals surface area contributed by atoms with E-state index in [0.717, 1.165) is 12.4 Å². The molecule has 10 heteroatoms. The molecule has 0 aliphatic heterocycles. The van der Waals surface area contributed by atoms with Gasteiger partial charge in [0, 0.05) is 11.6 Å². The maximum atomic E-state index is 12.1. The zero-order valence-electron chi connectivity index (χ0n) is 10.0. The van der Waals surface area contributed by atoms with E-state index in [-0.39, 0.29) is 32.3 Å². The lowest BCUT2D eigenvalue weighted by Crippen LogP contribution is -2.13. The highest BCUT2D eigenvalue weighted by Crippen LogP contribution is 2.28. The van der Waals surface area contributed by atoms with Gasteiger partial charge < -0.3 is 5.32 Å². The van der Waals surface area contributed by atoms with Crippen molar-refractivity contribution in [2.24, 2.45) is 0 Å². The fraction of sp³-hybridized carbons (Fsp3) is 0. The van der Waals surface area contributed by atoms with Crippen LogP contribution in [0.5, 0.6) is 0 Å². The number of carbonyl (C=O) groups is 1. The minimum absolute atomic E-state index is 0.0158. The SMILES string of the molecule is O=C(Nc1c(Cl)ncnc1Cl)c1ccc(Cl)c([N+](=O)[O-])c1. The van der Waals surface area contributed by atoms with Crippen LogP contribution in [-0.2, 0) is 0 Å². The summed E-state index contributed by atoms with van der Waals surface area (Å²) in [4.78, 5) is 29.5. The van der Waals surface area contributed by atoms with Gasteiger partial charge in [0.05, 0.1) is 4.92 Å². The molecule has 0 aliphatic rings. The predicted octanol–water partition coefficient (Wildman–Crippen LogP) is 3.60. The van der Waals surface area contributed by atoms with Gasteiger partial charge in [-0.15, -0.1) is 0 Å². The van der Waals surface area contributed by atoms with Gasteiger partial charge in [0.1, 0.15) is 17.0 Å². The van der Waals surface area contributed by atoms with Gasteiger partial charge in [-0.25, -0.2) is 9.97 Å². The van der Waals surface area contributed by atoms with E-state index in [1.54, 1.807) is 0 Å². The second-order valence-corrected chi connectivity index (χ2v) is 4.83. The molecule has 0 fully saturated rings. The quantitative estimate of drug-likeness (QED) is 0.519. The van der Waals surface area contributed by atoms with Crippen LogP contribution < -0.4 is 5.32 Å². The summed E-state index contributed by atoms with van der Waals surface area (Å²) in [5, 5.41) is 13.0. The number of hydrogen-bond acceptors (Lipinski definition) is 5. The van der Waals surface area contributed by atoms with Gasteiger partial charge in [0.25, 0.3) is 11.6 Å². The Labute approximate surface area is 133 Å². The minimum atomic E-state index is -0.690. The number of amides is 1. The molecule has 0 spiro atoms. The van der Waals surface area contributed by atoms with E-state index >= 15 is 0 Å². The number of halogens is 3. The van der Waals surface area contributed by atoms with E-state index in [9.17, 15) is 14.9 Å². The molecular weight excluding hydrogens is 343 g/mol. The second kappa shape index (κ2) is 6.21. The van der Waals surface area contributed by atoms with Crippen LogP contribution in [0.4, 0.5) is 11.4 Å². The summed E-state index contributed by atoms with van der Waals surface area (Å²) in [5.41, 5.74) is -0.351. The van der Waals surface area contributed by atoms with E-state index in [1.807, 2.05) is 0 Å². The van der Waals surface area contributed by atoms with E-state index in [4.69, 9.17) is 34.8 Å². The molecule has 0 unspecified atom stereocenters. The monoisotopic (exact) mass is 346 g/mol. The minimum Gasteiger partial charge on any atom is -0.317 e. The largest absolute Gasteiger partial charge is 0.317 e. The van der Waals surface area contributed by atoms with Crippen molar-refractivity contribution in [3.05, 3.63) is 55.5 Å². The van der Waals surface area contributed by atoms with Crippen molar-refractivity contribution in [1.29, 1.82) is 0 Å². The van der Waals surface area contributed by atoms with E-state index in [2.05, 4.69) is 15.3 Å². The third-order valence-electron chi connectivity index (χ3n) is 2.40. The van der Waals surface area contributed by atoms with Crippen molar-refractivity contribution in [2.75, 3.05) is 5.32 Å². The number of nitrogens with one attached hydrogen (secondary N) is 1. The van der Waals surface area contributed by atoms with E-state index in [0.29, 0.717) is 0 Å². The number of hydrogen-bond donors (Lipinski definition) is 1. The molecule has 2 aromatic rings. The zero-order chi connectivity index (χ0) is 15.6. The number of nitrogens with zero attached hydrogens (tertiary/aromatic N) is 3. The molecule has 0 saturated carbocycles. The third kappa shape index (κ3) is 3.38. The molecular formula is C11H5Cl3N4O3. The number of nitro benzene ring substituents is 1. The van der Waals surface area contributed by atoms with Crippen LogP contribution in [0.2, 0.25) is 15.3 Å².